The summed E-state index contributed by atoms with van der Waals surface area (Å²) >= 11 is 0. The number of rotatable bonds is 15. The molecule has 1 aromatic rings. The number of nitrogens with two attached hydrogens (primary N) is 1. The van der Waals surface area contributed by atoms with Crippen LogP contribution in [0.2, 0.25) is 0 Å². The lowest BCUT2D eigenvalue weighted by atomic mass is 9.89. The van der Waals surface area contributed by atoms with Crippen molar-refractivity contribution in [2.75, 3.05) is 31.7 Å². The molecule has 2 aliphatic heterocycles. The third-order valence-electron chi connectivity index (χ3n) is 8.19. The van der Waals surface area contributed by atoms with Crippen molar-refractivity contribution in [1.82, 2.24) is 9.62 Å². The van der Waals surface area contributed by atoms with Crippen LogP contribution in [0.15, 0.2) is 22.5 Å². The van der Waals surface area contributed by atoms with Crippen LogP contribution in [0.25, 0.3) is 6.08 Å². The van der Waals surface area contributed by atoms with Crippen molar-refractivity contribution in [2.45, 2.75) is 96.4 Å². The Balaban J connectivity index is 1.49. The molecule has 41 heavy (non-hydrogen) atoms. The number of aliphatic imine (C=N–C) groups is 1. The Labute approximate surface area is 244 Å². The number of sulfonamides is 1. The van der Waals surface area contributed by atoms with Gasteiger partial charge in [0.1, 0.15) is 11.4 Å². The Morgan fingerprint density at radius 1 is 1.05 bits per heavy atom. The van der Waals surface area contributed by atoms with Gasteiger partial charge in [0.25, 0.3) is 5.91 Å². The first-order valence-electron chi connectivity index (χ1n) is 14.8. The first-order valence-corrected chi connectivity index (χ1v) is 16.3. The zero-order valence-corrected chi connectivity index (χ0v) is 25.6. The van der Waals surface area contributed by atoms with E-state index in [2.05, 4.69) is 5.32 Å². The van der Waals surface area contributed by atoms with E-state index in [1.807, 2.05) is 13.8 Å². The van der Waals surface area contributed by atoms with Crippen LogP contribution in [0.1, 0.15) is 93.7 Å². The highest BCUT2D eigenvalue weighted by Gasteiger charge is 2.46. The number of unbranched alkanes of at least 4 members (excludes halogenated alkanes) is 8. The van der Waals surface area contributed by atoms with Gasteiger partial charge >= 0.3 is 6.03 Å². The predicted octanol–water partition coefficient (Wildman–Crippen LogP) is 5.35. The molecule has 9 nitrogen and oxygen atoms in total. The fourth-order valence-electron chi connectivity index (χ4n) is 5.55. The molecule has 1 saturated heterocycles. The van der Waals surface area contributed by atoms with E-state index in [1.165, 1.54) is 27.5 Å². The fourth-order valence-corrected chi connectivity index (χ4v) is 6.72. The van der Waals surface area contributed by atoms with E-state index in [-0.39, 0.29) is 25.7 Å². The number of amides is 3. The van der Waals surface area contributed by atoms with Crippen molar-refractivity contribution in [3.63, 3.8) is 0 Å². The first-order chi connectivity index (χ1) is 19.5. The number of alkyl halides is 1. The second-order valence-electron chi connectivity index (χ2n) is 11.3. The summed E-state index contributed by atoms with van der Waals surface area (Å²) in [6, 6.07) is 3.01. The predicted molar refractivity (Wildman–Crippen MR) is 163 cm³/mol. The molecular weight excluding hydrogens is 545 g/mol. The molecule has 0 aromatic heterocycles. The van der Waals surface area contributed by atoms with Crippen molar-refractivity contribution in [3.05, 3.63) is 34.2 Å². The van der Waals surface area contributed by atoms with Crippen LogP contribution in [0, 0.1) is 13.8 Å². The van der Waals surface area contributed by atoms with E-state index in [9.17, 15) is 22.4 Å². The summed E-state index contributed by atoms with van der Waals surface area (Å²) in [5.74, 6) is 0.592. The van der Waals surface area contributed by atoms with Crippen molar-refractivity contribution in [2.24, 2.45) is 10.7 Å². The highest BCUT2D eigenvalue weighted by molar-refractivity contribution is 7.92. The molecule has 1 aromatic carbocycles. The number of piperidine rings is 1. The molecule has 0 atom stereocenters. The molecule has 0 radical (unpaired) electrons. The number of urea groups is 1. The average molecular weight is 592 g/mol. The van der Waals surface area contributed by atoms with Gasteiger partial charge in [-0.1, -0.05) is 44.9 Å². The van der Waals surface area contributed by atoms with Gasteiger partial charge in [0.15, 0.2) is 0 Å². The van der Waals surface area contributed by atoms with E-state index in [1.54, 1.807) is 25.3 Å². The zero-order chi connectivity index (χ0) is 30.0. The van der Waals surface area contributed by atoms with E-state index >= 15 is 0 Å². The molecule has 0 aliphatic carbocycles. The number of benzene rings is 1. The third kappa shape index (κ3) is 8.85. The number of halogens is 1. The minimum absolute atomic E-state index is 0.124. The number of nitrogens with one attached hydrogen (secondary N) is 1. The maximum atomic E-state index is 13.1. The number of nitrogens with zero attached hydrogens (tertiary/aromatic N) is 3. The van der Waals surface area contributed by atoms with Crippen molar-refractivity contribution in [1.29, 1.82) is 0 Å². The van der Waals surface area contributed by atoms with Gasteiger partial charge < -0.3 is 11.1 Å². The topological polar surface area (TPSA) is 125 Å². The van der Waals surface area contributed by atoms with Crippen LogP contribution in [0.4, 0.5) is 14.9 Å². The second-order valence-corrected chi connectivity index (χ2v) is 13.1. The molecular formula is C30H46FN5O4S. The molecule has 3 N–H and O–H groups in total. The Bertz CT molecular complexity index is 1220. The van der Waals surface area contributed by atoms with Gasteiger partial charge in [0.2, 0.25) is 10.0 Å². The molecule has 0 bridgehead atoms. The zero-order valence-electron chi connectivity index (χ0n) is 24.8. The smallest absolute Gasteiger partial charge is 0.318 e. The Morgan fingerprint density at radius 2 is 1.59 bits per heavy atom. The molecule has 0 unspecified atom stereocenters. The number of carbonyl (C=O) groups excluding carboxylic acids is 2. The highest BCUT2D eigenvalue weighted by atomic mass is 32.2. The largest absolute Gasteiger partial charge is 0.351 e. The van der Waals surface area contributed by atoms with E-state index < -0.39 is 21.6 Å². The van der Waals surface area contributed by atoms with Gasteiger partial charge in [-0.3, -0.25) is 19.1 Å². The van der Waals surface area contributed by atoms with Crippen LogP contribution in [-0.4, -0.2) is 62.8 Å². The average Bonchev–Trinajstić information content (AvgIpc) is 3.22. The molecule has 2 aliphatic rings. The van der Waals surface area contributed by atoms with E-state index in [4.69, 9.17) is 10.7 Å². The number of primary amides is 1. The number of aryl methyl sites for hydroxylation is 2. The van der Waals surface area contributed by atoms with Gasteiger partial charge in [0.05, 0.1) is 6.67 Å². The summed E-state index contributed by atoms with van der Waals surface area (Å²) in [6.07, 6.45) is 12.5. The Hall–Kier alpha value is -2.79. The minimum Gasteiger partial charge on any atom is -0.351 e. The van der Waals surface area contributed by atoms with Gasteiger partial charge in [0, 0.05) is 37.7 Å². The van der Waals surface area contributed by atoms with E-state index in [0.29, 0.717) is 30.8 Å². The van der Waals surface area contributed by atoms with Gasteiger partial charge in [-0.2, -0.15) is 4.31 Å². The number of hydrogen-bond acceptors (Lipinski definition) is 5. The third-order valence-corrected chi connectivity index (χ3v) is 9.75. The first kappa shape index (κ1) is 32.7. The van der Waals surface area contributed by atoms with Crippen molar-refractivity contribution in [3.8, 4) is 0 Å². The van der Waals surface area contributed by atoms with Gasteiger partial charge in [-0.15, -0.1) is 0 Å². The lowest BCUT2D eigenvalue weighted by Crippen LogP contribution is -2.50. The summed E-state index contributed by atoms with van der Waals surface area (Å²) < 4.78 is 39.8. The van der Waals surface area contributed by atoms with Crippen LogP contribution in [-0.2, 0) is 14.8 Å². The van der Waals surface area contributed by atoms with Crippen LogP contribution in [0.5, 0.6) is 0 Å². The molecule has 0 saturated carbocycles. The number of hydrogen-bond donors (Lipinski definition) is 2. The molecule has 228 valence electrons. The highest BCUT2D eigenvalue weighted by Crippen LogP contribution is 2.32. The summed E-state index contributed by atoms with van der Waals surface area (Å²) in [5, 5.41) is 4.16. The second kappa shape index (κ2) is 14.9. The summed E-state index contributed by atoms with van der Waals surface area (Å²) in [7, 11) is -2.11. The van der Waals surface area contributed by atoms with Crippen molar-refractivity contribution >= 4 is 39.6 Å². The van der Waals surface area contributed by atoms with Crippen LogP contribution < -0.4 is 16.0 Å². The summed E-state index contributed by atoms with van der Waals surface area (Å²) in [5.41, 5.74) is 7.55. The summed E-state index contributed by atoms with van der Waals surface area (Å²) in [4.78, 5) is 30.4. The molecule has 3 rings (SSSR count). The molecule has 11 heteroatoms. The Morgan fingerprint density at radius 3 is 2.12 bits per heavy atom. The maximum Gasteiger partial charge on any atom is 0.318 e. The normalized spacial score (nSPS) is 17.3. The SMILES string of the molecule is Cc1cc(N(C)C(N)=O)cc(C)c1C=CS(=O)(=O)N1CCC2(CC1)N=C(CCCCCCCCCCCF)NC2=O. The standard InChI is InChI=1S/C30H46FN5O4S/c1-23-21-25(35(3)29(32)38)22-24(2)26(23)14-20-41(39,40)36-18-15-30(16-19-36)28(37)33-27(34-30)13-11-9-7-5-4-6-8-10-12-17-31/h14,20-22H,4-13,15-19H2,1-3H3,(H2,32,38)(H,33,34,37). The monoisotopic (exact) mass is 591 g/mol. The van der Waals surface area contributed by atoms with Gasteiger partial charge in [-0.25, -0.2) is 13.2 Å². The molecule has 2 heterocycles. The van der Waals surface area contributed by atoms with E-state index in [0.717, 1.165) is 61.6 Å². The van der Waals surface area contributed by atoms with Crippen LogP contribution >= 0.6 is 0 Å². The number of amidine groups is 1. The minimum atomic E-state index is -3.69. The Kier molecular flexibility index (Phi) is 11.9. The lowest BCUT2D eigenvalue weighted by Gasteiger charge is -2.34. The fraction of sp³-hybridized carbons (Fsp3) is 0.633. The number of carbonyl (C=O) groups is 2. The number of anilines is 1. The lowest BCUT2D eigenvalue weighted by molar-refractivity contribution is -0.124. The molecule has 1 spiro atoms. The molecule has 3 amide bonds. The van der Waals surface area contributed by atoms with Crippen molar-refractivity contribution < 1.29 is 22.4 Å². The maximum absolute atomic E-state index is 13.1. The van der Waals surface area contributed by atoms with Gasteiger partial charge in [-0.05, 0) is 74.4 Å². The quantitative estimate of drug-likeness (QED) is 0.267. The molecule has 1 fully saturated rings. The van der Waals surface area contributed by atoms with Crippen LogP contribution in [0.3, 0.4) is 0 Å². The summed E-state index contributed by atoms with van der Waals surface area (Å²) in [6.45, 7) is 3.95.